The Bertz CT molecular complexity index is 568. The standard InChI is InChI=1S/C21H30O2/c1-5-16-13(2)6-7-14(16)8-9-15-10-11-17-18(15)12-19-20(17)23-21(3,4)22-19/h7-10,13,16-20H,5-6,11-12H2,1-4H3/b9-8-/t13-,16-,17+,18-,19+,20-/m1/s1. The lowest BCUT2D eigenvalue weighted by molar-refractivity contribution is -0.158. The lowest BCUT2D eigenvalue weighted by Crippen LogP contribution is -2.26. The Hall–Kier alpha value is -0.860. The Kier molecular flexibility index (Phi) is 3.81. The summed E-state index contributed by atoms with van der Waals surface area (Å²) in [5.41, 5.74) is 3.07. The van der Waals surface area contributed by atoms with E-state index in [2.05, 4.69) is 38.2 Å². The van der Waals surface area contributed by atoms with Gasteiger partial charge in [-0.25, -0.2) is 0 Å². The van der Waals surface area contributed by atoms with Gasteiger partial charge in [0, 0.05) is 0 Å². The van der Waals surface area contributed by atoms with Gasteiger partial charge < -0.3 is 9.47 Å². The molecule has 2 heteroatoms. The van der Waals surface area contributed by atoms with Crippen molar-refractivity contribution in [2.75, 3.05) is 0 Å². The average Bonchev–Trinajstić information content (AvgIpc) is 3.18. The molecule has 0 radical (unpaired) electrons. The van der Waals surface area contributed by atoms with Crippen LogP contribution in [0.25, 0.3) is 0 Å². The van der Waals surface area contributed by atoms with Gasteiger partial charge in [-0.3, -0.25) is 0 Å². The second kappa shape index (κ2) is 5.60. The van der Waals surface area contributed by atoms with E-state index in [9.17, 15) is 0 Å². The molecule has 1 saturated heterocycles. The van der Waals surface area contributed by atoms with Gasteiger partial charge in [-0.15, -0.1) is 0 Å². The van der Waals surface area contributed by atoms with E-state index in [1.54, 1.807) is 5.57 Å². The Morgan fingerprint density at radius 3 is 2.65 bits per heavy atom. The molecule has 0 spiro atoms. The summed E-state index contributed by atoms with van der Waals surface area (Å²) in [5.74, 6) is 2.42. The molecule has 0 amide bonds. The molecule has 1 saturated carbocycles. The third kappa shape index (κ3) is 2.64. The van der Waals surface area contributed by atoms with E-state index in [1.807, 2.05) is 13.8 Å². The van der Waals surface area contributed by atoms with E-state index >= 15 is 0 Å². The second-order valence-electron chi connectivity index (χ2n) is 8.35. The smallest absolute Gasteiger partial charge is 0.163 e. The largest absolute Gasteiger partial charge is 0.345 e. The zero-order chi connectivity index (χ0) is 16.2. The molecule has 4 rings (SSSR count). The van der Waals surface area contributed by atoms with E-state index < -0.39 is 5.79 Å². The highest BCUT2D eigenvalue weighted by atomic mass is 16.8. The van der Waals surface area contributed by atoms with E-state index in [4.69, 9.17) is 9.47 Å². The molecule has 2 nitrogen and oxygen atoms in total. The van der Waals surface area contributed by atoms with Gasteiger partial charge in [0.05, 0.1) is 12.2 Å². The van der Waals surface area contributed by atoms with E-state index in [0.29, 0.717) is 24.0 Å². The van der Waals surface area contributed by atoms with Crippen LogP contribution < -0.4 is 0 Å². The van der Waals surface area contributed by atoms with Crippen molar-refractivity contribution in [1.29, 1.82) is 0 Å². The van der Waals surface area contributed by atoms with Crippen LogP contribution in [0, 0.1) is 23.7 Å². The fraction of sp³-hybridized carbons (Fsp3) is 0.714. The van der Waals surface area contributed by atoms with Crippen molar-refractivity contribution in [2.24, 2.45) is 23.7 Å². The normalized spacial score (nSPS) is 44.5. The summed E-state index contributed by atoms with van der Waals surface area (Å²) in [5, 5.41) is 0. The minimum Gasteiger partial charge on any atom is -0.345 e. The van der Waals surface area contributed by atoms with Crippen LogP contribution in [0.15, 0.2) is 35.5 Å². The van der Waals surface area contributed by atoms with Gasteiger partial charge in [-0.2, -0.15) is 0 Å². The highest BCUT2D eigenvalue weighted by Crippen LogP contribution is 2.52. The van der Waals surface area contributed by atoms with E-state index in [-0.39, 0.29) is 0 Å². The van der Waals surface area contributed by atoms with Crippen molar-refractivity contribution >= 4 is 0 Å². The van der Waals surface area contributed by atoms with Crippen molar-refractivity contribution in [2.45, 2.75) is 71.4 Å². The minimum absolute atomic E-state index is 0.297. The first-order chi connectivity index (χ1) is 11.0. The van der Waals surface area contributed by atoms with Crippen molar-refractivity contribution < 1.29 is 9.47 Å². The van der Waals surface area contributed by atoms with Crippen molar-refractivity contribution in [3.05, 3.63) is 35.5 Å². The molecular formula is C21H30O2. The predicted octanol–water partition coefficient (Wildman–Crippen LogP) is 5.02. The average molecular weight is 314 g/mol. The lowest BCUT2D eigenvalue weighted by atomic mass is 9.89. The van der Waals surface area contributed by atoms with Crippen molar-refractivity contribution in [3.63, 3.8) is 0 Å². The molecule has 126 valence electrons. The third-order valence-electron chi connectivity index (χ3n) is 6.45. The number of fused-ring (bicyclic) bond motifs is 3. The maximum absolute atomic E-state index is 6.17. The van der Waals surface area contributed by atoms with Gasteiger partial charge in [0.15, 0.2) is 5.79 Å². The van der Waals surface area contributed by atoms with Crippen molar-refractivity contribution in [1.82, 2.24) is 0 Å². The number of ether oxygens (including phenoxy) is 2. The summed E-state index contributed by atoms with van der Waals surface area (Å²) in [6.07, 6.45) is 15.0. The molecule has 1 heterocycles. The Morgan fingerprint density at radius 1 is 1.13 bits per heavy atom. The van der Waals surface area contributed by atoms with Crippen molar-refractivity contribution in [3.8, 4) is 0 Å². The van der Waals surface area contributed by atoms with Crippen LogP contribution in [-0.2, 0) is 9.47 Å². The van der Waals surface area contributed by atoms with Gasteiger partial charge in [0.25, 0.3) is 0 Å². The van der Waals surface area contributed by atoms with Gasteiger partial charge in [-0.05, 0) is 74.3 Å². The molecule has 0 unspecified atom stereocenters. The molecule has 6 atom stereocenters. The highest BCUT2D eigenvalue weighted by Gasteiger charge is 2.54. The first-order valence-electron chi connectivity index (χ1n) is 9.42. The molecule has 0 N–H and O–H groups in total. The molecule has 2 fully saturated rings. The van der Waals surface area contributed by atoms with E-state index in [0.717, 1.165) is 24.7 Å². The summed E-state index contributed by atoms with van der Waals surface area (Å²) in [7, 11) is 0. The minimum atomic E-state index is -0.391. The Balaban J connectivity index is 1.44. The molecule has 0 aromatic heterocycles. The monoisotopic (exact) mass is 314 g/mol. The molecule has 0 aromatic carbocycles. The molecule has 3 aliphatic carbocycles. The topological polar surface area (TPSA) is 18.5 Å². The summed E-state index contributed by atoms with van der Waals surface area (Å²) < 4.78 is 12.3. The summed E-state index contributed by atoms with van der Waals surface area (Å²) >= 11 is 0. The Morgan fingerprint density at radius 2 is 1.87 bits per heavy atom. The van der Waals surface area contributed by atoms with Gasteiger partial charge in [0.2, 0.25) is 0 Å². The number of rotatable bonds is 3. The third-order valence-corrected chi connectivity index (χ3v) is 6.45. The number of allylic oxidation sites excluding steroid dienone is 6. The highest BCUT2D eigenvalue weighted by molar-refractivity contribution is 5.36. The fourth-order valence-electron chi connectivity index (χ4n) is 5.35. The zero-order valence-corrected chi connectivity index (χ0v) is 14.9. The molecule has 1 aliphatic heterocycles. The lowest BCUT2D eigenvalue weighted by Gasteiger charge is -2.23. The quantitative estimate of drug-likeness (QED) is 0.728. The zero-order valence-electron chi connectivity index (χ0n) is 14.9. The number of hydrogen-bond donors (Lipinski definition) is 0. The van der Waals surface area contributed by atoms with E-state index in [1.165, 1.54) is 18.4 Å². The fourth-order valence-corrected chi connectivity index (χ4v) is 5.35. The van der Waals surface area contributed by atoms with Crippen LogP contribution in [0.3, 0.4) is 0 Å². The molecule has 0 bridgehead atoms. The molecule has 23 heavy (non-hydrogen) atoms. The molecule has 4 aliphatic rings. The second-order valence-corrected chi connectivity index (χ2v) is 8.35. The van der Waals surface area contributed by atoms with Crippen LogP contribution in [-0.4, -0.2) is 18.0 Å². The van der Waals surface area contributed by atoms with Crippen LogP contribution in [0.5, 0.6) is 0 Å². The van der Waals surface area contributed by atoms with Crippen LogP contribution in [0.1, 0.15) is 53.4 Å². The molecule has 0 aromatic rings. The SMILES string of the molecule is CC[C@H]1C(/C=C\C2=CC[C@@H]3[C@H]4OC(C)(C)O[C@H]4C[C@H]23)=CC[C@H]1C. The van der Waals surface area contributed by atoms with Crippen LogP contribution in [0.4, 0.5) is 0 Å². The van der Waals surface area contributed by atoms with Gasteiger partial charge >= 0.3 is 0 Å². The first kappa shape index (κ1) is 15.7. The predicted molar refractivity (Wildman–Crippen MR) is 92.9 cm³/mol. The maximum Gasteiger partial charge on any atom is 0.163 e. The molecular weight excluding hydrogens is 284 g/mol. The summed E-state index contributed by atoms with van der Waals surface area (Å²) in [6.45, 7) is 8.78. The van der Waals surface area contributed by atoms with Gasteiger partial charge in [0.1, 0.15) is 0 Å². The maximum atomic E-state index is 6.17. The Labute approximate surface area is 140 Å². The summed E-state index contributed by atoms with van der Waals surface area (Å²) in [6, 6.07) is 0. The number of hydrogen-bond acceptors (Lipinski definition) is 2. The van der Waals surface area contributed by atoms with Crippen LogP contribution in [0.2, 0.25) is 0 Å². The first-order valence-corrected chi connectivity index (χ1v) is 9.42. The summed E-state index contributed by atoms with van der Waals surface area (Å²) in [4.78, 5) is 0. The van der Waals surface area contributed by atoms with Gasteiger partial charge in [-0.1, -0.05) is 38.2 Å². The van der Waals surface area contributed by atoms with Crippen LogP contribution >= 0.6 is 0 Å².